The Bertz CT molecular complexity index is 2390. The first-order valence-electron chi connectivity index (χ1n) is 14.0. The van der Waals surface area contributed by atoms with Crippen LogP contribution in [0.1, 0.15) is 22.3 Å². The number of nitrogens with zero attached hydrogens (tertiary/aromatic N) is 1. The molecule has 2 nitrogen and oxygen atoms in total. The van der Waals surface area contributed by atoms with Crippen LogP contribution in [0.4, 0.5) is 0 Å². The first-order valence-corrected chi connectivity index (χ1v) is 14.8. The lowest BCUT2D eigenvalue weighted by atomic mass is 9.70. The summed E-state index contributed by atoms with van der Waals surface area (Å²) in [6.07, 6.45) is 4.10. The monoisotopic (exact) mass is 539 g/mol. The number of aromatic nitrogens is 1. The normalized spacial score (nSPS) is 16.4. The van der Waals surface area contributed by atoms with Gasteiger partial charge >= 0.3 is 0 Å². The third kappa shape index (κ3) is 2.61. The van der Waals surface area contributed by atoms with E-state index in [4.69, 9.17) is 9.40 Å². The lowest BCUT2D eigenvalue weighted by Crippen LogP contribution is -2.26. The average Bonchev–Trinajstić information content (AvgIpc) is 3.75. The number of thiophene rings is 1. The van der Waals surface area contributed by atoms with Crippen LogP contribution in [-0.4, -0.2) is 4.98 Å². The molecular formula is C38H21NOS. The van der Waals surface area contributed by atoms with Gasteiger partial charge in [-0.05, 0) is 80.2 Å². The van der Waals surface area contributed by atoms with E-state index in [1.165, 1.54) is 53.9 Å². The van der Waals surface area contributed by atoms with Crippen LogP contribution in [0.5, 0.6) is 0 Å². The van der Waals surface area contributed by atoms with Crippen molar-refractivity contribution < 1.29 is 4.42 Å². The van der Waals surface area contributed by atoms with Gasteiger partial charge in [0.25, 0.3) is 0 Å². The van der Waals surface area contributed by atoms with Crippen molar-refractivity contribution in [2.45, 2.75) is 5.41 Å². The number of furan rings is 1. The summed E-state index contributed by atoms with van der Waals surface area (Å²) in [6, 6.07) is 41.8. The quantitative estimate of drug-likeness (QED) is 0.218. The highest BCUT2D eigenvalue weighted by Gasteiger charge is 2.54. The van der Waals surface area contributed by atoms with Crippen LogP contribution in [0.25, 0.3) is 64.7 Å². The molecule has 2 aliphatic carbocycles. The van der Waals surface area contributed by atoms with Crippen LogP contribution in [0, 0.1) is 0 Å². The van der Waals surface area contributed by atoms with Gasteiger partial charge in [0.15, 0.2) is 0 Å². The van der Waals surface area contributed by atoms with Crippen LogP contribution < -0.4 is 0 Å². The van der Waals surface area contributed by atoms with Crippen molar-refractivity contribution in [1.82, 2.24) is 4.98 Å². The minimum Gasteiger partial charge on any atom is -0.456 e. The highest BCUT2D eigenvalue weighted by atomic mass is 32.1. The topological polar surface area (TPSA) is 26.0 Å². The minimum absolute atomic E-state index is 0.410. The van der Waals surface area contributed by atoms with Crippen LogP contribution in [0.3, 0.4) is 0 Å². The van der Waals surface area contributed by atoms with Gasteiger partial charge in [0.1, 0.15) is 11.2 Å². The smallest absolute Gasteiger partial charge is 0.135 e. The largest absolute Gasteiger partial charge is 0.456 e. The molecule has 1 unspecified atom stereocenters. The summed E-state index contributed by atoms with van der Waals surface area (Å²) in [5.74, 6) is 0. The zero-order valence-corrected chi connectivity index (χ0v) is 22.7. The number of fused-ring (bicyclic) bond motifs is 11. The van der Waals surface area contributed by atoms with Crippen molar-refractivity contribution in [3.63, 3.8) is 0 Å². The van der Waals surface area contributed by atoms with Crippen LogP contribution in [0.2, 0.25) is 0 Å². The van der Waals surface area contributed by atoms with Gasteiger partial charge in [0.05, 0.1) is 5.41 Å². The van der Waals surface area contributed by atoms with Crippen molar-refractivity contribution in [3.8, 4) is 32.7 Å². The highest BCUT2D eigenvalue weighted by Crippen LogP contribution is 2.67. The second-order valence-electron chi connectivity index (χ2n) is 11.1. The molecule has 0 radical (unpaired) electrons. The van der Waals surface area contributed by atoms with Gasteiger partial charge in [0, 0.05) is 38.3 Å². The Balaban J connectivity index is 1.29. The summed E-state index contributed by atoms with van der Waals surface area (Å²) in [7, 11) is 0. The van der Waals surface area contributed by atoms with E-state index in [9.17, 15) is 0 Å². The Morgan fingerprint density at radius 1 is 0.561 bits per heavy atom. The van der Waals surface area contributed by atoms with Crippen molar-refractivity contribution in [2.75, 3.05) is 0 Å². The van der Waals surface area contributed by atoms with E-state index in [0.717, 1.165) is 33.1 Å². The van der Waals surface area contributed by atoms with Crippen molar-refractivity contribution >= 4 is 43.4 Å². The SMILES string of the molecule is c1ccc2c(c1)-c1cccc3c1C2(c1cncc(-c2ccc4oc5ccccc5c4c2)c1)c1c-3sc2ccccc12. The van der Waals surface area contributed by atoms with Crippen LogP contribution in [-0.2, 0) is 5.41 Å². The average molecular weight is 540 g/mol. The number of hydrogen-bond acceptors (Lipinski definition) is 3. The Kier molecular flexibility index (Phi) is 4.04. The summed E-state index contributed by atoms with van der Waals surface area (Å²) in [4.78, 5) is 6.30. The summed E-state index contributed by atoms with van der Waals surface area (Å²) >= 11 is 1.92. The van der Waals surface area contributed by atoms with Gasteiger partial charge in [-0.15, -0.1) is 11.3 Å². The lowest BCUT2D eigenvalue weighted by molar-refractivity contribution is 0.669. The fraction of sp³-hybridized carbons (Fsp3) is 0.0263. The van der Waals surface area contributed by atoms with Crippen LogP contribution in [0.15, 0.2) is 132 Å². The maximum Gasteiger partial charge on any atom is 0.135 e. The van der Waals surface area contributed by atoms with E-state index in [1.54, 1.807) is 0 Å². The first-order chi connectivity index (χ1) is 20.3. The van der Waals surface area contributed by atoms with E-state index < -0.39 is 5.41 Å². The fourth-order valence-corrected chi connectivity index (χ4v) is 8.86. The molecule has 8 aromatic rings. The van der Waals surface area contributed by atoms with Gasteiger partial charge in [0.2, 0.25) is 0 Å². The van der Waals surface area contributed by atoms with E-state index in [0.29, 0.717) is 0 Å². The van der Waals surface area contributed by atoms with Crippen molar-refractivity contribution in [3.05, 3.63) is 150 Å². The molecule has 0 fully saturated rings. The Labute approximate surface area is 240 Å². The van der Waals surface area contributed by atoms with Crippen LogP contribution >= 0.6 is 11.3 Å². The molecule has 0 N–H and O–H groups in total. The molecule has 0 amide bonds. The van der Waals surface area contributed by atoms with E-state index >= 15 is 0 Å². The molecule has 3 heterocycles. The van der Waals surface area contributed by atoms with Crippen molar-refractivity contribution in [1.29, 1.82) is 0 Å². The maximum atomic E-state index is 6.12. The molecule has 3 heteroatoms. The fourth-order valence-electron chi connectivity index (χ4n) is 7.57. The maximum absolute atomic E-state index is 6.12. The number of benzene rings is 5. The second kappa shape index (κ2) is 7.60. The third-order valence-electron chi connectivity index (χ3n) is 9.16. The van der Waals surface area contributed by atoms with E-state index in [1.807, 2.05) is 29.7 Å². The summed E-state index contributed by atoms with van der Waals surface area (Å²) in [5, 5.41) is 3.61. The molecule has 0 saturated carbocycles. The molecule has 0 spiro atoms. The number of para-hydroxylation sites is 1. The summed E-state index contributed by atoms with van der Waals surface area (Å²) in [5.41, 5.74) is 13.1. The standard InChI is InChI=1S/C38H21NOS/c1-4-13-31-25(8-1)27-11-7-12-29-35(27)38(31,36-28-10-3-6-15-34(28)41-37(29)36)24-18-23(20-39-21-24)22-16-17-33-30(19-22)26-9-2-5-14-32(26)40-33/h1-21H. The molecule has 1 atom stereocenters. The van der Waals surface area contributed by atoms with Gasteiger partial charge in [-0.25, -0.2) is 0 Å². The molecule has 190 valence electrons. The highest BCUT2D eigenvalue weighted by molar-refractivity contribution is 7.22. The molecule has 0 saturated heterocycles. The molecule has 0 aliphatic heterocycles. The molecule has 10 rings (SSSR count). The lowest BCUT2D eigenvalue weighted by Gasteiger charge is -2.30. The van der Waals surface area contributed by atoms with Gasteiger partial charge < -0.3 is 4.42 Å². The zero-order chi connectivity index (χ0) is 26.7. The predicted octanol–water partition coefficient (Wildman–Crippen LogP) is 10.2. The van der Waals surface area contributed by atoms with Crippen molar-refractivity contribution in [2.24, 2.45) is 0 Å². The predicted molar refractivity (Wildman–Crippen MR) is 169 cm³/mol. The number of rotatable bonds is 2. The molecule has 41 heavy (non-hydrogen) atoms. The second-order valence-corrected chi connectivity index (χ2v) is 12.1. The number of hydrogen-bond donors (Lipinski definition) is 0. The van der Waals surface area contributed by atoms with Gasteiger partial charge in [-0.3, -0.25) is 4.98 Å². The summed E-state index contributed by atoms with van der Waals surface area (Å²) in [6.45, 7) is 0. The summed E-state index contributed by atoms with van der Waals surface area (Å²) < 4.78 is 7.46. The zero-order valence-electron chi connectivity index (χ0n) is 21.9. The third-order valence-corrected chi connectivity index (χ3v) is 10.4. The molecular weight excluding hydrogens is 518 g/mol. The molecule has 0 bridgehead atoms. The number of pyridine rings is 1. The Morgan fingerprint density at radius 3 is 2.32 bits per heavy atom. The van der Waals surface area contributed by atoms with Gasteiger partial charge in [-0.1, -0.05) is 84.9 Å². The Morgan fingerprint density at radius 2 is 1.34 bits per heavy atom. The Hall–Kier alpha value is -4.99. The molecule has 2 aliphatic rings. The minimum atomic E-state index is -0.410. The van der Waals surface area contributed by atoms with E-state index in [-0.39, 0.29) is 0 Å². The van der Waals surface area contributed by atoms with Gasteiger partial charge in [-0.2, -0.15) is 0 Å². The molecule has 3 aromatic heterocycles. The van der Waals surface area contributed by atoms with E-state index in [2.05, 4.69) is 109 Å². The molecule has 5 aromatic carbocycles. The first kappa shape index (κ1) is 21.8.